The molecular formula is C18H23NO. The third-order valence-corrected chi connectivity index (χ3v) is 3.38. The zero-order valence-corrected chi connectivity index (χ0v) is 12.5. The Hall–Kier alpha value is -1.80. The second-order valence-electron chi connectivity index (χ2n) is 5.12. The fourth-order valence-electron chi connectivity index (χ4n) is 2.12. The monoisotopic (exact) mass is 269 g/mol. The highest BCUT2D eigenvalue weighted by Crippen LogP contribution is 2.26. The number of rotatable bonds is 6. The molecule has 1 unspecified atom stereocenters. The van der Waals surface area contributed by atoms with E-state index in [4.69, 9.17) is 4.74 Å². The summed E-state index contributed by atoms with van der Waals surface area (Å²) in [7, 11) is 0. The summed E-state index contributed by atoms with van der Waals surface area (Å²) in [5.74, 6) is 1.81. The summed E-state index contributed by atoms with van der Waals surface area (Å²) in [6, 6.07) is 16.7. The van der Waals surface area contributed by atoms with E-state index in [9.17, 15) is 0 Å². The normalized spacial score (nSPS) is 12.2. The van der Waals surface area contributed by atoms with Gasteiger partial charge in [-0.1, -0.05) is 37.3 Å². The number of para-hydroxylation sites is 1. The zero-order valence-electron chi connectivity index (χ0n) is 12.5. The molecule has 0 radical (unpaired) electrons. The van der Waals surface area contributed by atoms with E-state index in [0.717, 1.165) is 30.0 Å². The largest absolute Gasteiger partial charge is 0.457 e. The Morgan fingerprint density at radius 2 is 1.90 bits per heavy atom. The molecule has 0 heterocycles. The van der Waals surface area contributed by atoms with Gasteiger partial charge in [-0.25, -0.2) is 0 Å². The van der Waals surface area contributed by atoms with E-state index in [-0.39, 0.29) is 0 Å². The van der Waals surface area contributed by atoms with Crippen molar-refractivity contribution in [3.8, 4) is 11.5 Å². The molecule has 2 nitrogen and oxygen atoms in total. The van der Waals surface area contributed by atoms with Gasteiger partial charge in [-0.15, -0.1) is 0 Å². The highest BCUT2D eigenvalue weighted by Gasteiger charge is 2.06. The third-order valence-electron chi connectivity index (χ3n) is 3.38. The van der Waals surface area contributed by atoms with E-state index >= 15 is 0 Å². The molecule has 0 amide bonds. The van der Waals surface area contributed by atoms with Crippen molar-refractivity contribution in [2.75, 3.05) is 6.54 Å². The van der Waals surface area contributed by atoms with Gasteiger partial charge in [-0.2, -0.15) is 0 Å². The van der Waals surface area contributed by atoms with Crippen LogP contribution in [0.5, 0.6) is 11.5 Å². The topological polar surface area (TPSA) is 21.3 Å². The van der Waals surface area contributed by atoms with Gasteiger partial charge in [-0.05, 0) is 56.1 Å². The fraction of sp³-hybridized carbons (Fsp3) is 0.333. The molecule has 0 aliphatic carbocycles. The molecule has 1 N–H and O–H groups in total. The molecule has 0 saturated carbocycles. The number of benzene rings is 2. The first kappa shape index (κ1) is 14.6. The second-order valence-corrected chi connectivity index (χ2v) is 5.12. The third kappa shape index (κ3) is 3.84. The molecule has 2 aromatic carbocycles. The molecule has 0 aromatic heterocycles. The van der Waals surface area contributed by atoms with E-state index < -0.39 is 0 Å². The van der Waals surface area contributed by atoms with Crippen LogP contribution in [-0.4, -0.2) is 6.54 Å². The van der Waals surface area contributed by atoms with E-state index in [1.807, 2.05) is 30.3 Å². The summed E-state index contributed by atoms with van der Waals surface area (Å²) < 4.78 is 5.98. The van der Waals surface area contributed by atoms with Crippen LogP contribution in [0.25, 0.3) is 0 Å². The van der Waals surface area contributed by atoms with Gasteiger partial charge < -0.3 is 10.1 Å². The Labute approximate surface area is 121 Å². The predicted octanol–water partition coefficient (Wildman–Crippen LogP) is 4.85. The summed E-state index contributed by atoms with van der Waals surface area (Å²) in [6.07, 6.45) is 1.14. The maximum absolute atomic E-state index is 5.98. The minimum Gasteiger partial charge on any atom is -0.457 e. The van der Waals surface area contributed by atoms with Gasteiger partial charge in [0, 0.05) is 6.04 Å². The molecule has 106 valence electrons. The van der Waals surface area contributed by atoms with Gasteiger partial charge >= 0.3 is 0 Å². The van der Waals surface area contributed by atoms with Crippen LogP contribution in [0.1, 0.15) is 37.4 Å². The van der Waals surface area contributed by atoms with Crippen LogP contribution in [0.2, 0.25) is 0 Å². The summed E-state index contributed by atoms with van der Waals surface area (Å²) in [5.41, 5.74) is 2.40. The lowest BCUT2D eigenvalue weighted by Crippen LogP contribution is -2.19. The molecule has 0 bridgehead atoms. The van der Waals surface area contributed by atoms with Gasteiger partial charge in [0.25, 0.3) is 0 Å². The van der Waals surface area contributed by atoms with E-state index in [1.165, 1.54) is 5.56 Å². The maximum atomic E-state index is 5.98. The molecule has 0 aliphatic rings. The zero-order chi connectivity index (χ0) is 14.4. The predicted molar refractivity (Wildman–Crippen MR) is 84.4 cm³/mol. The van der Waals surface area contributed by atoms with E-state index in [0.29, 0.717) is 6.04 Å². The molecule has 20 heavy (non-hydrogen) atoms. The Balaban J connectivity index is 2.12. The first-order valence-electron chi connectivity index (χ1n) is 7.27. The average molecular weight is 269 g/mol. The van der Waals surface area contributed by atoms with Crippen molar-refractivity contribution >= 4 is 0 Å². The van der Waals surface area contributed by atoms with Gasteiger partial charge in [0.05, 0.1) is 0 Å². The van der Waals surface area contributed by atoms with Crippen molar-refractivity contribution in [1.29, 1.82) is 0 Å². The first-order chi connectivity index (χ1) is 9.70. The molecule has 1 atom stereocenters. The molecule has 2 heteroatoms. The second kappa shape index (κ2) is 7.11. The summed E-state index contributed by atoms with van der Waals surface area (Å²) in [5, 5.41) is 3.50. The first-order valence-corrected chi connectivity index (χ1v) is 7.27. The molecule has 0 saturated heterocycles. The number of hydrogen-bond donors (Lipinski definition) is 1. The van der Waals surface area contributed by atoms with Crippen LogP contribution in [0.3, 0.4) is 0 Å². The lowest BCUT2D eigenvalue weighted by atomic mass is 10.1. The minimum atomic E-state index is 0.343. The summed E-state index contributed by atoms with van der Waals surface area (Å²) in [6.45, 7) is 7.45. The van der Waals surface area contributed by atoms with Crippen molar-refractivity contribution in [2.24, 2.45) is 0 Å². The molecular weight excluding hydrogens is 246 g/mol. The standard InChI is InChI=1S/C18H23NO/c1-4-12-19-15(3)16-9-7-10-17(13-16)20-18-11-6-5-8-14(18)2/h5-11,13,15,19H,4,12H2,1-3H3. The molecule has 0 spiro atoms. The number of hydrogen-bond acceptors (Lipinski definition) is 2. The van der Waals surface area contributed by atoms with Crippen molar-refractivity contribution in [3.05, 3.63) is 59.7 Å². The lowest BCUT2D eigenvalue weighted by Gasteiger charge is -2.15. The van der Waals surface area contributed by atoms with Crippen molar-refractivity contribution in [2.45, 2.75) is 33.2 Å². The smallest absolute Gasteiger partial charge is 0.130 e. The minimum absolute atomic E-state index is 0.343. The highest BCUT2D eigenvalue weighted by atomic mass is 16.5. The molecule has 0 aliphatic heterocycles. The maximum Gasteiger partial charge on any atom is 0.130 e. The van der Waals surface area contributed by atoms with E-state index in [2.05, 4.69) is 44.3 Å². The Morgan fingerprint density at radius 3 is 2.65 bits per heavy atom. The van der Waals surface area contributed by atoms with Gasteiger partial charge in [0.15, 0.2) is 0 Å². The van der Waals surface area contributed by atoms with Crippen LogP contribution in [0.15, 0.2) is 48.5 Å². The van der Waals surface area contributed by atoms with Crippen molar-refractivity contribution in [1.82, 2.24) is 5.32 Å². The van der Waals surface area contributed by atoms with Crippen LogP contribution >= 0.6 is 0 Å². The van der Waals surface area contributed by atoms with Gasteiger partial charge in [0.2, 0.25) is 0 Å². The number of nitrogens with one attached hydrogen (secondary N) is 1. The van der Waals surface area contributed by atoms with Crippen molar-refractivity contribution < 1.29 is 4.74 Å². The average Bonchev–Trinajstić information content (AvgIpc) is 2.47. The fourth-order valence-corrected chi connectivity index (χ4v) is 2.12. The quantitative estimate of drug-likeness (QED) is 0.809. The SMILES string of the molecule is CCCNC(C)c1cccc(Oc2ccccc2C)c1. The molecule has 0 fully saturated rings. The Morgan fingerprint density at radius 1 is 1.10 bits per heavy atom. The number of ether oxygens (including phenoxy) is 1. The van der Waals surface area contributed by atoms with Gasteiger partial charge in [0.1, 0.15) is 11.5 Å². The van der Waals surface area contributed by atoms with Crippen LogP contribution in [-0.2, 0) is 0 Å². The summed E-state index contributed by atoms with van der Waals surface area (Å²) >= 11 is 0. The lowest BCUT2D eigenvalue weighted by molar-refractivity contribution is 0.476. The molecule has 2 aromatic rings. The molecule has 2 rings (SSSR count). The summed E-state index contributed by atoms with van der Waals surface area (Å²) in [4.78, 5) is 0. The van der Waals surface area contributed by atoms with Crippen molar-refractivity contribution in [3.63, 3.8) is 0 Å². The van der Waals surface area contributed by atoms with Crippen LogP contribution in [0.4, 0.5) is 0 Å². The number of aryl methyl sites for hydroxylation is 1. The Kier molecular flexibility index (Phi) is 5.19. The van der Waals surface area contributed by atoms with E-state index in [1.54, 1.807) is 0 Å². The van der Waals surface area contributed by atoms with Gasteiger partial charge in [-0.3, -0.25) is 0 Å². The van der Waals surface area contributed by atoms with Crippen LogP contribution < -0.4 is 10.1 Å². The highest BCUT2D eigenvalue weighted by molar-refractivity contribution is 5.38. The van der Waals surface area contributed by atoms with Crippen LogP contribution in [0, 0.1) is 6.92 Å². The Bertz CT molecular complexity index is 551.